The van der Waals surface area contributed by atoms with Crippen LogP contribution in [0, 0.1) is 0 Å². The number of carbonyl (C=O) groups excluding carboxylic acids is 1. The number of carbonyl (C=O) groups is 1. The minimum Gasteiger partial charge on any atom is -0.337 e. The molecule has 3 rings (SSSR count). The fourth-order valence-electron chi connectivity index (χ4n) is 2.44. The molecule has 0 saturated carbocycles. The summed E-state index contributed by atoms with van der Waals surface area (Å²) >= 11 is 0. The van der Waals surface area contributed by atoms with Gasteiger partial charge in [-0.3, -0.25) is 9.89 Å². The Kier molecular flexibility index (Phi) is 3.02. The molecule has 0 saturated heterocycles. The van der Waals surface area contributed by atoms with Gasteiger partial charge in [-0.05, 0) is 19.1 Å². The van der Waals surface area contributed by atoms with Gasteiger partial charge in [0, 0.05) is 30.7 Å². The number of aromatic nitrogens is 3. The van der Waals surface area contributed by atoms with E-state index in [0.29, 0.717) is 5.69 Å². The van der Waals surface area contributed by atoms with Crippen molar-refractivity contribution in [1.82, 2.24) is 14.8 Å². The second-order valence-corrected chi connectivity index (χ2v) is 4.65. The monoisotopic (exact) mass is 268 g/mol. The maximum Gasteiger partial charge on any atom is 0.274 e. The maximum atomic E-state index is 12.7. The number of rotatable bonds is 3. The minimum absolute atomic E-state index is 0.0375. The summed E-state index contributed by atoms with van der Waals surface area (Å²) in [7, 11) is 1.75. The van der Waals surface area contributed by atoms with Crippen LogP contribution in [0.25, 0.3) is 10.9 Å². The lowest BCUT2D eigenvalue weighted by atomic mass is 10.2. The van der Waals surface area contributed by atoms with Crippen LogP contribution < -0.4 is 4.90 Å². The van der Waals surface area contributed by atoms with Crippen molar-refractivity contribution >= 4 is 22.5 Å². The highest BCUT2D eigenvalue weighted by molar-refractivity contribution is 6.07. The predicted molar refractivity (Wildman–Crippen MR) is 78.9 cm³/mol. The molecule has 0 aliphatic heterocycles. The minimum atomic E-state index is -0.0375. The molecule has 0 atom stereocenters. The smallest absolute Gasteiger partial charge is 0.274 e. The SMILES string of the molecule is CCn1c(C(=O)N(C)c2cn[nH]c2)cc2ccccc21. The van der Waals surface area contributed by atoms with Gasteiger partial charge in [-0.1, -0.05) is 18.2 Å². The van der Waals surface area contributed by atoms with Crippen molar-refractivity contribution in [3.8, 4) is 0 Å². The Morgan fingerprint density at radius 1 is 1.40 bits per heavy atom. The first-order valence-electron chi connectivity index (χ1n) is 6.57. The molecule has 1 amide bonds. The first-order valence-corrected chi connectivity index (χ1v) is 6.57. The highest BCUT2D eigenvalue weighted by Crippen LogP contribution is 2.22. The zero-order valence-corrected chi connectivity index (χ0v) is 11.5. The van der Waals surface area contributed by atoms with Gasteiger partial charge in [0.2, 0.25) is 0 Å². The van der Waals surface area contributed by atoms with Crippen LogP contribution in [0.15, 0.2) is 42.7 Å². The number of amides is 1. The summed E-state index contributed by atoms with van der Waals surface area (Å²) in [5, 5.41) is 7.68. The van der Waals surface area contributed by atoms with Crippen LogP contribution in [-0.4, -0.2) is 27.7 Å². The fourth-order valence-corrected chi connectivity index (χ4v) is 2.44. The first-order chi connectivity index (χ1) is 9.72. The molecule has 2 heterocycles. The van der Waals surface area contributed by atoms with Crippen molar-refractivity contribution in [3.05, 3.63) is 48.4 Å². The van der Waals surface area contributed by atoms with Gasteiger partial charge in [-0.2, -0.15) is 5.10 Å². The van der Waals surface area contributed by atoms with Crippen LogP contribution in [0.2, 0.25) is 0 Å². The molecule has 0 radical (unpaired) electrons. The average Bonchev–Trinajstić information content (AvgIpc) is 3.12. The molecule has 1 N–H and O–H groups in total. The highest BCUT2D eigenvalue weighted by Gasteiger charge is 2.19. The highest BCUT2D eigenvalue weighted by atomic mass is 16.2. The van der Waals surface area contributed by atoms with E-state index in [2.05, 4.69) is 10.2 Å². The van der Waals surface area contributed by atoms with Crippen LogP contribution >= 0.6 is 0 Å². The van der Waals surface area contributed by atoms with Gasteiger partial charge >= 0.3 is 0 Å². The molecule has 0 spiro atoms. The van der Waals surface area contributed by atoms with Crippen molar-refractivity contribution in [2.45, 2.75) is 13.5 Å². The Morgan fingerprint density at radius 3 is 2.90 bits per heavy atom. The van der Waals surface area contributed by atoms with Crippen molar-refractivity contribution < 1.29 is 4.79 Å². The first kappa shape index (κ1) is 12.5. The standard InChI is InChI=1S/C15H16N4O/c1-3-19-13-7-5-4-6-11(13)8-14(19)15(20)18(2)12-9-16-17-10-12/h4-10H,3H2,1-2H3,(H,16,17). The molecule has 5 nitrogen and oxygen atoms in total. The summed E-state index contributed by atoms with van der Waals surface area (Å²) in [6.07, 6.45) is 3.34. The third-order valence-corrected chi connectivity index (χ3v) is 3.52. The number of aromatic amines is 1. The molecular formula is C15H16N4O. The van der Waals surface area contributed by atoms with E-state index in [1.54, 1.807) is 24.3 Å². The molecule has 0 aliphatic carbocycles. The van der Waals surface area contributed by atoms with E-state index in [0.717, 1.165) is 23.1 Å². The lowest BCUT2D eigenvalue weighted by Gasteiger charge is -2.16. The predicted octanol–water partition coefficient (Wildman–Crippen LogP) is 2.66. The summed E-state index contributed by atoms with van der Waals surface area (Å²) in [4.78, 5) is 14.3. The number of benzene rings is 1. The van der Waals surface area contributed by atoms with E-state index in [1.807, 2.05) is 41.8 Å². The summed E-state index contributed by atoms with van der Waals surface area (Å²) in [6.45, 7) is 2.80. The number of nitrogens with zero attached hydrogens (tertiary/aromatic N) is 3. The molecule has 20 heavy (non-hydrogen) atoms. The summed E-state index contributed by atoms with van der Waals surface area (Å²) in [5.74, 6) is -0.0375. The molecule has 102 valence electrons. The van der Waals surface area contributed by atoms with Gasteiger partial charge in [0.15, 0.2) is 0 Å². The summed E-state index contributed by atoms with van der Waals surface area (Å²) in [5.41, 5.74) is 2.53. The van der Waals surface area contributed by atoms with Crippen LogP contribution in [0.4, 0.5) is 5.69 Å². The molecule has 3 aromatic rings. The molecule has 0 fully saturated rings. The zero-order chi connectivity index (χ0) is 14.1. The molecule has 0 unspecified atom stereocenters. The number of hydrogen-bond donors (Lipinski definition) is 1. The van der Waals surface area contributed by atoms with Gasteiger partial charge in [-0.25, -0.2) is 0 Å². The van der Waals surface area contributed by atoms with E-state index in [9.17, 15) is 4.79 Å². The van der Waals surface area contributed by atoms with Crippen molar-refractivity contribution in [3.63, 3.8) is 0 Å². The van der Waals surface area contributed by atoms with Gasteiger partial charge in [0.25, 0.3) is 5.91 Å². The van der Waals surface area contributed by atoms with Gasteiger partial charge in [0.05, 0.1) is 11.9 Å². The second-order valence-electron chi connectivity index (χ2n) is 4.65. The van der Waals surface area contributed by atoms with Gasteiger partial charge in [0.1, 0.15) is 5.69 Å². The Labute approximate surface area is 116 Å². The lowest BCUT2D eigenvalue weighted by Crippen LogP contribution is -2.28. The van der Waals surface area contributed by atoms with Crippen molar-refractivity contribution in [2.75, 3.05) is 11.9 Å². The quantitative estimate of drug-likeness (QED) is 0.794. The number of para-hydroxylation sites is 1. The Hall–Kier alpha value is -2.56. The van der Waals surface area contributed by atoms with Crippen molar-refractivity contribution in [1.29, 1.82) is 0 Å². The molecule has 0 bridgehead atoms. The fraction of sp³-hybridized carbons (Fsp3) is 0.200. The van der Waals surface area contributed by atoms with Crippen LogP contribution in [0.3, 0.4) is 0 Å². The van der Waals surface area contributed by atoms with E-state index in [1.165, 1.54) is 0 Å². The number of aryl methyl sites for hydroxylation is 1. The number of nitrogens with one attached hydrogen (secondary N) is 1. The number of H-pyrrole nitrogens is 1. The van der Waals surface area contributed by atoms with Gasteiger partial charge in [-0.15, -0.1) is 0 Å². The Bertz CT molecular complexity index is 742. The number of anilines is 1. The molecule has 0 aliphatic rings. The Morgan fingerprint density at radius 2 is 2.20 bits per heavy atom. The Balaban J connectivity index is 2.07. The van der Waals surface area contributed by atoms with Crippen LogP contribution in [0.1, 0.15) is 17.4 Å². The van der Waals surface area contributed by atoms with E-state index >= 15 is 0 Å². The van der Waals surface area contributed by atoms with Crippen molar-refractivity contribution in [2.24, 2.45) is 0 Å². The second kappa shape index (κ2) is 4.85. The largest absolute Gasteiger partial charge is 0.337 e. The van der Waals surface area contributed by atoms with Gasteiger partial charge < -0.3 is 9.47 Å². The van der Waals surface area contributed by atoms with Crippen LogP contribution in [0.5, 0.6) is 0 Å². The molecule has 2 aromatic heterocycles. The zero-order valence-electron chi connectivity index (χ0n) is 11.5. The third kappa shape index (κ3) is 1.87. The molecule has 1 aromatic carbocycles. The van der Waals surface area contributed by atoms with Crippen LogP contribution in [-0.2, 0) is 6.54 Å². The van der Waals surface area contributed by atoms with E-state index < -0.39 is 0 Å². The normalized spacial score (nSPS) is 10.9. The molecular weight excluding hydrogens is 252 g/mol. The molecule has 5 heteroatoms. The third-order valence-electron chi connectivity index (χ3n) is 3.52. The van der Waals surface area contributed by atoms with E-state index in [4.69, 9.17) is 0 Å². The summed E-state index contributed by atoms with van der Waals surface area (Å²) < 4.78 is 2.04. The number of fused-ring (bicyclic) bond motifs is 1. The summed E-state index contributed by atoms with van der Waals surface area (Å²) in [6, 6.07) is 9.97. The lowest BCUT2D eigenvalue weighted by molar-refractivity contribution is 0.0984. The van der Waals surface area contributed by atoms with E-state index in [-0.39, 0.29) is 5.91 Å². The maximum absolute atomic E-state index is 12.7. The topological polar surface area (TPSA) is 53.9 Å². The number of hydrogen-bond acceptors (Lipinski definition) is 2. The average molecular weight is 268 g/mol.